The summed E-state index contributed by atoms with van der Waals surface area (Å²) in [5, 5.41) is 4.59. The lowest BCUT2D eigenvalue weighted by Gasteiger charge is -1.97. The van der Waals surface area contributed by atoms with Gasteiger partial charge >= 0.3 is 0 Å². The van der Waals surface area contributed by atoms with E-state index in [1.165, 1.54) is 0 Å². The Bertz CT molecular complexity index is 674. The summed E-state index contributed by atoms with van der Waals surface area (Å²) in [4.78, 5) is 4.32. The van der Waals surface area contributed by atoms with Crippen molar-refractivity contribution >= 4 is 17.2 Å². The van der Waals surface area contributed by atoms with Crippen molar-refractivity contribution in [1.82, 2.24) is 14.6 Å². The summed E-state index contributed by atoms with van der Waals surface area (Å²) >= 11 is 5.71. The zero-order chi connectivity index (χ0) is 11.8. The molecule has 3 rings (SSSR count). The molecule has 0 saturated carbocycles. The van der Waals surface area contributed by atoms with Crippen LogP contribution >= 0.6 is 11.6 Å². The number of fused-ring (bicyclic) bond motifs is 1. The second-order valence-corrected chi connectivity index (χ2v) is 3.78. The number of methoxy groups -OCH3 is 1. The Labute approximate surface area is 102 Å². The SMILES string of the molecule is COc1ccc2nc(-c3ccc(Cl)o3)nn2c1. The largest absolute Gasteiger partial charge is 0.495 e. The summed E-state index contributed by atoms with van der Waals surface area (Å²) in [5.41, 5.74) is 0.716. The number of pyridine rings is 1. The Morgan fingerprint density at radius 2 is 2.18 bits per heavy atom. The van der Waals surface area contributed by atoms with Gasteiger partial charge in [0.1, 0.15) is 5.75 Å². The van der Waals surface area contributed by atoms with E-state index < -0.39 is 0 Å². The molecule has 0 spiro atoms. The van der Waals surface area contributed by atoms with Crippen LogP contribution in [0.5, 0.6) is 5.75 Å². The molecule has 0 amide bonds. The van der Waals surface area contributed by atoms with Gasteiger partial charge in [-0.25, -0.2) is 9.50 Å². The Balaban J connectivity index is 2.13. The molecule has 3 heterocycles. The lowest BCUT2D eigenvalue weighted by molar-refractivity contribution is 0.411. The molecule has 0 aliphatic carbocycles. The highest BCUT2D eigenvalue weighted by Gasteiger charge is 2.10. The minimum absolute atomic E-state index is 0.316. The van der Waals surface area contributed by atoms with Gasteiger partial charge in [-0.15, -0.1) is 5.10 Å². The number of furan rings is 1. The highest BCUT2D eigenvalue weighted by Crippen LogP contribution is 2.22. The van der Waals surface area contributed by atoms with Gasteiger partial charge in [-0.2, -0.15) is 0 Å². The van der Waals surface area contributed by atoms with Gasteiger partial charge in [0.25, 0.3) is 0 Å². The van der Waals surface area contributed by atoms with E-state index in [0.717, 1.165) is 0 Å². The van der Waals surface area contributed by atoms with E-state index in [2.05, 4.69) is 10.1 Å². The number of halogens is 1. The maximum atomic E-state index is 5.71. The second-order valence-electron chi connectivity index (χ2n) is 3.41. The van der Waals surface area contributed by atoms with E-state index in [-0.39, 0.29) is 0 Å². The van der Waals surface area contributed by atoms with Gasteiger partial charge in [-0.3, -0.25) is 0 Å². The Morgan fingerprint density at radius 3 is 2.88 bits per heavy atom. The minimum Gasteiger partial charge on any atom is -0.495 e. The zero-order valence-corrected chi connectivity index (χ0v) is 9.68. The van der Waals surface area contributed by atoms with E-state index in [1.54, 1.807) is 30.0 Å². The Hall–Kier alpha value is -2.01. The van der Waals surface area contributed by atoms with Gasteiger partial charge in [0.2, 0.25) is 5.82 Å². The summed E-state index contributed by atoms with van der Waals surface area (Å²) in [6, 6.07) is 7.03. The fourth-order valence-electron chi connectivity index (χ4n) is 1.52. The van der Waals surface area contributed by atoms with E-state index >= 15 is 0 Å². The van der Waals surface area contributed by atoms with Crippen LogP contribution in [0.1, 0.15) is 0 Å². The summed E-state index contributed by atoms with van der Waals surface area (Å²) in [6.45, 7) is 0. The number of nitrogens with zero attached hydrogens (tertiary/aromatic N) is 3. The van der Waals surface area contributed by atoms with E-state index in [4.69, 9.17) is 20.8 Å². The molecular formula is C11H8ClN3O2. The fraction of sp³-hybridized carbons (Fsp3) is 0.0909. The molecule has 3 aromatic heterocycles. The van der Waals surface area contributed by atoms with Gasteiger partial charge in [0, 0.05) is 0 Å². The lowest BCUT2D eigenvalue weighted by Crippen LogP contribution is -1.89. The summed E-state index contributed by atoms with van der Waals surface area (Å²) < 4.78 is 12.0. The van der Waals surface area contributed by atoms with Gasteiger partial charge in [0.05, 0.1) is 13.3 Å². The predicted octanol–water partition coefficient (Wildman–Crippen LogP) is 2.65. The van der Waals surface area contributed by atoms with Crippen molar-refractivity contribution in [3.8, 4) is 17.3 Å². The summed E-state index contributed by atoms with van der Waals surface area (Å²) in [7, 11) is 1.60. The van der Waals surface area contributed by atoms with Gasteiger partial charge in [-0.1, -0.05) is 0 Å². The fourth-order valence-corrected chi connectivity index (χ4v) is 1.67. The second kappa shape index (κ2) is 3.78. The summed E-state index contributed by atoms with van der Waals surface area (Å²) in [6.07, 6.45) is 1.75. The van der Waals surface area contributed by atoms with Crippen molar-refractivity contribution in [2.45, 2.75) is 0 Å². The molecule has 3 aromatic rings. The molecular weight excluding hydrogens is 242 g/mol. The molecule has 0 aliphatic rings. The average Bonchev–Trinajstić information content (AvgIpc) is 2.93. The van der Waals surface area contributed by atoms with Crippen LogP contribution in [0.3, 0.4) is 0 Å². The quantitative estimate of drug-likeness (QED) is 0.701. The van der Waals surface area contributed by atoms with Crippen LogP contribution in [0, 0.1) is 0 Å². The molecule has 0 fully saturated rings. The number of rotatable bonds is 2. The van der Waals surface area contributed by atoms with Crippen molar-refractivity contribution < 1.29 is 9.15 Å². The first kappa shape index (κ1) is 10.2. The third-order valence-electron chi connectivity index (χ3n) is 2.33. The van der Waals surface area contributed by atoms with Crippen molar-refractivity contribution in [3.63, 3.8) is 0 Å². The van der Waals surface area contributed by atoms with Crippen LogP contribution in [0.15, 0.2) is 34.9 Å². The first-order valence-corrected chi connectivity index (χ1v) is 5.30. The minimum atomic E-state index is 0.316. The summed E-state index contributed by atoms with van der Waals surface area (Å²) in [5.74, 6) is 1.74. The maximum absolute atomic E-state index is 5.71. The molecule has 0 aromatic carbocycles. The third-order valence-corrected chi connectivity index (χ3v) is 2.54. The highest BCUT2D eigenvalue weighted by atomic mass is 35.5. The molecule has 5 nitrogen and oxygen atoms in total. The first-order chi connectivity index (χ1) is 8.26. The van der Waals surface area contributed by atoms with E-state index in [1.807, 2.05) is 12.1 Å². The van der Waals surface area contributed by atoms with Crippen LogP contribution in [-0.2, 0) is 0 Å². The molecule has 17 heavy (non-hydrogen) atoms. The van der Waals surface area contributed by atoms with Crippen molar-refractivity contribution in [3.05, 3.63) is 35.7 Å². The molecule has 86 valence electrons. The van der Waals surface area contributed by atoms with Gasteiger partial charge in [0.15, 0.2) is 16.6 Å². The number of hydrogen-bond acceptors (Lipinski definition) is 4. The lowest BCUT2D eigenvalue weighted by atomic mass is 10.4. The molecule has 0 saturated heterocycles. The highest BCUT2D eigenvalue weighted by molar-refractivity contribution is 6.28. The number of hydrogen-bond donors (Lipinski definition) is 0. The molecule has 0 radical (unpaired) electrons. The monoisotopic (exact) mass is 249 g/mol. The van der Waals surface area contributed by atoms with Crippen molar-refractivity contribution in [2.75, 3.05) is 7.11 Å². The van der Waals surface area contributed by atoms with Crippen LogP contribution in [0.25, 0.3) is 17.2 Å². The Morgan fingerprint density at radius 1 is 1.29 bits per heavy atom. The van der Waals surface area contributed by atoms with Crippen LogP contribution < -0.4 is 4.74 Å². The van der Waals surface area contributed by atoms with Crippen LogP contribution in [0.2, 0.25) is 5.22 Å². The van der Waals surface area contributed by atoms with E-state index in [9.17, 15) is 0 Å². The van der Waals surface area contributed by atoms with E-state index in [0.29, 0.717) is 28.2 Å². The maximum Gasteiger partial charge on any atom is 0.217 e. The van der Waals surface area contributed by atoms with Crippen molar-refractivity contribution in [2.24, 2.45) is 0 Å². The smallest absolute Gasteiger partial charge is 0.217 e. The molecule has 0 aliphatic heterocycles. The molecule has 6 heteroatoms. The van der Waals surface area contributed by atoms with Gasteiger partial charge in [-0.05, 0) is 35.9 Å². The normalized spacial score (nSPS) is 10.9. The number of ether oxygens (including phenoxy) is 1. The van der Waals surface area contributed by atoms with Crippen molar-refractivity contribution in [1.29, 1.82) is 0 Å². The van der Waals surface area contributed by atoms with Crippen LogP contribution in [0.4, 0.5) is 0 Å². The third kappa shape index (κ3) is 1.74. The predicted molar refractivity (Wildman–Crippen MR) is 62.3 cm³/mol. The van der Waals surface area contributed by atoms with Gasteiger partial charge < -0.3 is 9.15 Å². The standard InChI is InChI=1S/C11H8ClN3O2/c1-16-7-2-5-10-13-11(14-15(10)6-7)8-3-4-9(12)17-8/h2-6H,1H3. The molecule has 0 N–H and O–H groups in total. The molecule has 0 bridgehead atoms. The Kier molecular flexibility index (Phi) is 2.26. The first-order valence-electron chi connectivity index (χ1n) is 4.92. The molecule has 0 atom stereocenters. The zero-order valence-electron chi connectivity index (χ0n) is 8.92. The number of aromatic nitrogens is 3. The van der Waals surface area contributed by atoms with Crippen LogP contribution in [-0.4, -0.2) is 21.7 Å². The topological polar surface area (TPSA) is 52.6 Å². The average molecular weight is 250 g/mol. The molecule has 0 unspecified atom stereocenters.